The van der Waals surface area contributed by atoms with E-state index in [1.54, 1.807) is 24.3 Å². The van der Waals surface area contributed by atoms with Crippen LogP contribution in [0.3, 0.4) is 0 Å². The van der Waals surface area contributed by atoms with Crippen LogP contribution in [0.4, 0.5) is 11.4 Å². The lowest BCUT2D eigenvalue weighted by Crippen LogP contribution is -2.46. The maximum absolute atomic E-state index is 12.6. The molecular formula is C18H26ClN3O4. The molecule has 4 N–H and O–H groups in total. The van der Waals surface area contributed by atoms with Crippen LogP contribution in [0, 0.1) is 5.41 Å². The molecule has 0 bridgehead atoms. The molecule has 3 rings (SSSR count). The van der Waals surface area contributed by atoms with E-state index in [1.165, 1.54) is 0 Å². The van der Waals surface area contributed by atoms with Crippen molar-refractivity contribution < 1.29 is 19.1 Å². The number of hydrogen-bond donors (Lipinski definition) is 3. The van der Waals surface area contributed by atoms with E-state index in [0.29, 0.717) is 50.6 Å². The highest BCUT2D eigenvalue weighted by Gasteiger charge is 2.38. The van der Waals surface area contributed by atoms with Crippen LogP contribution in [0.25, 0.3) is 0 Å². The molecule has 0 radical (unpaired) electrons. The summed E-state index contributed by atoms with van der Waals surface area (Å²) in [6.45, 7) is 2.05. The van der Waals surface area contributed by atoms with Crippen molar-refractivity contribution >= 4 is 35.6 Å². The van der Waals surface area contributed by atoms with Crippen molar-refractivity contribution in [3.8, 4) is 0 Å². The Morgan fingerprint density at radius 2 is 1.69 bits per heavy atom. The molecule has 2 amide bonds. The van der Waals surface area contributed by atoms with E-state index in [9.17, 15) is 9.59 Å². The molecule has 1 aromatic rings. The summed E-state index contributed by atoms with van der Waals surface area (Å²) in [6.07, 6.45) is 2.56. The van der Waals surface area contributed by atoms with Crippen molar-refractivity contribution in [1.82, 2.24) is 0 Å². The second kappa shape index (κ2) is 9.32. The second-order valence-electron chi connectivity index (χ2n) is 6.62. The number of halogens is 1. The van der Waals surface area contributed by atoms with E-state index in [2.05, 4.69) is 10.6 Å². The van der Waals surface area contributed by atoms with Crippen LogP contribution in [-0.2, 0) is 19.1 Å². The number of benzene rings is 1. The average Bonchev–Trinajstić information content (AvgIpc) is 3.19. The highest BCUT2D eigenvalue weighted by molar-refractivity contribution is 5.97. The van der Waals surface area contributed by atoms with Crippen molar-refractivity contribution in [3.63, 3.8) is 0 Å². The lowest BCUT2D eigenvalue weighted by molar-refractivity contribution is -0.130. The second-order valence-corrected chi connectivity index (χ2v) is 6.62. The van der Waals surface area contributed by atoms with Gasteiger partial charge in [-0.1, -0.05) is 0 Å². The molecule has 8 heteroatoms. The number of carbonyl (C=O) groups is 2. The van der Waals surface area contributed by atoms with E-state index in [-0.39, 0.29) is 30.3 Å². The van der Waals surface area contributed by atoms with Crippen LogP contribution in [0.5, 0.6) is 0 Å². The zero-order chi connectivity index (χ0) is 17.7. The highest BCUT2D eigenvalue weighted by atomic mass is 35.5. The van der Waals surface area contributed by atoms with E-state index in [1.807, 2.05) is 0 Å². The Morgan fingerprint density at radius 1 is 1.08 bits per heavy atom. The van der Waals surface area contributed by atoms with Crippen molar-refractivity contribution in [2.45, 2.75) is 31.8 Å². The number of carbonyl (C=O) groups excluding carboxylic acids is 2. The van der Waals surface area contributed by atoms with E-state index >= 15 is 0 Å². The van der Waals surface area contributed by atoms with Crippen molar-refractivity contribution in [3.05, 3.63) is 24.3 Å². The minimum atomic E-state index is -0.565. The molecule has 0 aromatic heterocycles. The van der Waals surface area contributed by atoms with Gasteiger partial charge >= 0.3 is 0 Å². The maximum Gasteiger partial charge on any atom is 0.253 e. The van der Waals surface area contributed by atoms with Gasteiger partial charge in [0.15, 0.2) is 0 Å². The molecule has 26 heavy (non-hydrogen) atoms. The molecule has 1 aromatic carbocycles. The van der Waals surface area contributed by atoms with Crippen molar-refractivity contribution in [2.24, 2.45) is 11.1 Å². The molecule has 0 spiro atoms. The fraction of sp³-hybridized carbons (Fsp3) is 0.556. The van der Waals surface area contributed by atoms with Crippen LogP contribution in [0.15, 0.2) is 24.3 Å². The third-order valence-electron chi connectivity index (χ3n) is 4.95. The first-order valence-corrected chi connectivity index (χ1v) is 8.75. The standard InChI is InChI=1S/C18H25N3O4.ClH/c19-12-18(7-10-24-11-8-18)17(23)21-14-5-3-13(4-6-14)20-16(22)15-2-1-9-25-15;/h3-6,15H,1-2,7-12,19H2,(H,20,22)(H,21,23);1H. The van der Waals surface area contributed by atoms with Crippen LogP contribution >= 0.6 is 12.4 Å². The zero-order valence-electron chi connectivity index (χ0n) is 14.7. The highest BCUT2D eigenvalue weighted by Crippen LogP contribution is 2.31. The molecule has 1 atom stereocenters. The van der Waals surface area contributed by atoms with Gasteiger partial charge in [-0.25, -0.2) is 0 Å². The normalized spacial score (nSPS) is 21.5. The van der Waals surface area contributed by atoms with Crippen LogP contribution in [-0.4, -0.2) is 44.3 Å². The Labute approximate surface area is 159 Å². The predicted molar refractivity (Wildman–Crippen MR) is 101 cm³/mol. The first-order valence-electron chi connectivity index (χ1n) is 8.75. The molecule has 2 aliphatic heterocycles. The average molecular weight is 384 g/mol. The molecule has 0 aliphatic carbocycles. The minimum absolute atomic E-state index is 0. The monoisotopic (exact) mass is 383 g/mol. The maximum atomic E-state index is 12.6. The van der Waals surface area contributed by atoms with Gasteiger partial charge in [0.25, 0.3) is 5.91 Å². The quantitative estimate of drug-likeness (QED) is 0.720. The summed E-state index contributed by atoms with van der Waals surface area (Å²) in [6, 6.07) is 7.07. The van der Waals surface area contributed by atoms with E-state index in [4.69, 9.17) is 15.2 Å². The molecule has 2 saturated heterocycles. The fourth-order valence-corrected chi connectivity index (χ4v) is 3.19. The number of anilines is 2. The van der Waals surface area contributed by atoms with Crippen molar-refractivity contribution in [1.29, 1.82) is 0 Å². The minimum Gasteiger partial charge on any atom is -0.381 e. The van der Waals surface area contributed by atoms with Gasteiger partial charge in [-0.05, 0) is 49.9 Å². The van der Waals surface area contributed by atoms with Crippen molar-refractivity contribution in [2.75, 3.05) is 37.0 Å². The number of ether oxygens (including phenoxy) is 2. The number of hydrogen-bond acceptors (Lipinski definition) is 5. The third-order valence-corrected chi connectivity index (χ3v) is 4.95. The first kappa shape index (κ1) is 20.6. The summed E-state index contributed by atoms with van der Waals surface area (Å²) in [5.41, 5.74) is 6.65. The smallest absolute Gasteiger partial charge is 0.253 e. The molecule has 0 saturated carbocycles. The summed E-state index contributed by atoms with van der Waals surface area (Å²) in [5, 5.41) is 5.76. The van der Waals surface area contributed by atoms with Gasteiger partial charge in [-0.15, -0.1) is 12.4 Å². The van der Waals surface area contributed by atoms with Gasteiger partial charge in [-0.2, -0.15) is 0 Å². The molecule has 1 unspecified atom stereocenters. The fourth-order valence-electron chi connectivity index (χ4n) is 3.19. The van der Waals surface area contributed by atoms with Gasteiger partial charge in [-0.3, -0.25) is 9.59 Å². The van der Waals surface area contributed by atoms with Crippen LogP contribution in [0.2, 0.25) is 0 Å². The Kier molecular flexibility index (Phi) is 7.40. The van der Waals surface area contributed by atoms with Gasteiger partial charge in [0.1, 0.15) is 6.10 Å². The Balaban J connectivity index is 0.00000243. The number of rotatable bonds is 5. The summed E-state index contributed by atoms with van der Waals surface area (Å²) in [5.74, 6) is -0.201. The lowest BCUT2D eigenvalue weighted by Gasteiger charge is -2.34. The number of nitrogens with one attached hydrogen (secondary N) is 2. The van der Waals surface area contributed by atoms with Gasteiger partial charge < -0.3 is 25.8 Å². The zero-order valence-corrected chi connectivity index (χ0v) is 15.5. The Bertz CT molecular complexity index is 611. The van der Waals surface area contributed by atoms with Gasteiger partial charge in [0.2, 0.25) is 5.91 Å². The SMILES string of the molecule is Cl.NCC1(C(=O)Nc2ccc(NC(=O)C3CCCO3)cc2)CCOCC1. The summed E-state index contributed by atoms with van der Waals surface area (Å²) in [7, 11) is 0. The third kappa shape index (κ3) is 4.73. The Hall–Kier alpha value is -1.67. The number of amides is 2. The van der Waals surface area contributed by atoms with Crippen LogP contribution in [0.1, 0.15) is 25.7 Å². The van der Waals surface area contributed by atoms with E-state index < -0.39 is 5.41 Å². The molecular weight excluding hydrogens is 358 g/mol. The van der Waals surface area contributed by atoms with Crippen LogP contribution < -0.4 is 16.4 Å². The molecule has 144 valence electrons. The largest absolute Gasteiger partial charge is 0.381 e. The topological polar surface area (TPSA) is 103 Å². The molecule has 7 nitrogen and oxygen atoms in total. The summed E-state index contributed by atoms with van der Waals surface area (Å²) in [4.78, 5) is 24.7. The molecule has 2 aliphatic rings. The van der Waals surface area contributed by atoms with Gasteiger partial charge in [0.05, 0.1) is 5.41 Å². The summed E-state index contributed by atoms with van der Waals surface area (Å²) >= 11 is 0. The van der Waals surface area contributed by atoms with E-state index in [0.717, 1.165) is 12.8 Å². The molecule has 2 fully saturated rings. The van der Waals surface area contributed by atoms with Gasteiger partial charge in [0, 0.05) is 37.7 Å². The molecule has 2 heterocycles. The Morgan fingerprint density at radius 3 is 2.23 bits per heavy atom. The predicted octanol–water partition coefficient (Wildman–Crippen LogP) is 1.92. The first-order chi connectivity index (χ1) is 12.1. The number of nitrogens with two attached hydrogens (primary N) is 1. The summed E-state index contributed by atoms with van der Waals surface area (Å²) < 4.78 is 10.7. The lowest BCUT2D eigenvalue weighted by atomic mass is 9.79.